The number of anilines is 1. The van der Waals surface area contributed by atoms with Crippen LogP contribution in [0.2, 0.25) is 0 Å². The normalized spacial score (nSPS) is 15.7. The van der Waals surface area contributed by atoms with Gasteiger partial charge in [0.2, 0.25) is 5.91 Å². The van der Waals surface area contributed by atoms with Crippen molar-refractivity contribution < 1.29 is 4.79 Å². The van der Waals surface area contributed by atoms with Crippen LogP contribution < -0.4 is 15.5 Å². The fraction of sp³-hybridized carbons (Fsp3) is 0.250. The lowest BCUT2D eigenvalue weighted by Crippen LogP contribution is -2.42. The molecular formula is C20H23N7OS+. The average molecular weight is 410 g/mol. The van der Waals surface area contributed by atoms with Crippen molar-refractivity contribution in [1.82, 2.24) is 24.7 Å². The van der Waals surface area contributed by atoms with Crippen molar-refractivity contribution in [2.45, 2.75) is 25.2 Å². The molecule has 3 N–H and O–H groups in total. The van der Waals surface area contributed by atoms with Gasteiger partial charge in [0.25, 0.3) is 11.7 Å². The molecule has 149 valence electrons. The maximum Gasteiger partial charge on any atom is 0.285 e. The number of nitrogens with one attached hydrogen (secondary N) is 3. The molecule has 1 radical (unpaired) electrons. The lowest BCUT2D eigenvalue weighted by molar-refractivity contribution is -0.120. The lowest BCUT2D eigenvalue weighted by Gasteiger charge is -2.24. The van der Waals surface area contributed by atoms with E-state index in [0.29, 0.717) is 19.5 Å². The second-order valence-corrected chi connectivity index (χ2v) is 7.86. The predicted octanol–water partition coefficient (Wildman–Crippen LogP) is 2.65. The number of carbonyl (C=O) groups excluding carboxylic acids is 1. The Morgan fingerprint density at radius 1 is 1.38 bits per heavy atom. The van der Waals surface area contributed by atoms with Crippen LogP contribution >= 0.6 is 11.9 Å². The van der Waals surface area contributed by atoms with Gasteiger partial charge in [0, 0.05) is 23.2 Å². The van der Waals surface area contributed by atoms with E-state index in [1.807, 2.05) is 55.4 Å². The molecule has 9 heteroatoms. The van der Waals surface area contributed by atoms with E-state index in [-0.39, 0.29) is 5.91 Å². The van der Waals surface area contributed by atoms with Crippen molar-refractivity contribution in [2.24, 2.45) is 4.99 Å². The van der Waals surface area contributed by atoms with Crippen molar-refractivity contribution >= 4 is 29.5 Å². The van der Waals surface area contributed by atoms with Gasteiger partial charge in [0.1, 0.15) is 6.54 Å². The molecule has 0 unspecified atom stereocenters. The summed E-state index contributed by atoms with van der Waals surface area (Å²) >= 11 is 1.61. The van der Waals surface area contributed by atoms with E-state index in [9.17, 15) is 4.79 Å². The van der Waals surface area contributed by atoms with Crippen LogP contribution in [0.5, 0.6) is 0 Å². The number of nitrogens with zero attached hydrogens (tertiary/aromatic N) is 4. The molecule has 0 aliphatic carbocycles. The van der Waals surface area contributed by atoms with E-state index >= 15 is 0 Å². The van der Waals surface area contributed by atoms with Crippen LogP contribution in [0.4, 0.5) is 5.82 Å². The Bertz CT molecular complexity index is 994. The standard InChI is InChI=1S/C20H23N7OS/c1-3-21-20(28)11-15-5-4-6-16(10-15)29-26-12-18-22-7-8-27(18)19(13-26)23-17-9-14(2)24-25-17/h4-10,13H,3,11-12H2,1-2H3,(H,21,28)(H2,23,24,25)/q+1. The number of amides is 1. The van der Waals surface area contributed by atoms with Gasteiger partial charge in [-0.1, -0.05) is 12.1 Å². The molecule has 8 nitrogen and oxygen atoms in total. The first-order valence-corrected chi connectivity index (χ1v) is 10.2. The molecule has 0 bridgehead atoms. The zero-order valence-corrected chi connectivity index (χ0v) is 17.2. The topological polar surface area (TPSA) is 91.3 Å². The molecule has 2 aliphatic heterocycles. The van der Waals surface area contributed by atoms with Crippen LogP contribution in [-0.2, 0) is 11.2 Å². The third-order valence-corrected chi connectivity index (χ3v) is 5.30. The third-order valence-electron chi connectivity index (χ3n) is 4.36. The highest BCUT2D eigenvalue weighted by Gasteiger charge is 2.37. The molecule has 0 atom stereocenters. The van der Waals surface area contributed by atoms with Gasteiger partial charge >= 0.3 is 0 Å². The zero-order valence-electron chi connectivity index (χ0n) is 16.3. The fourth-order valence-electron chi connectivity index (χ4n) is 3.11. The number of H-pyrrole nitrogens is 1. The van der Waals surface area contributed by atoms with Gasteiger partial charge < -0.3 is 5.32 Å². The van der Waals surface area contributed by atoms with Crippen LogP contribution in [0.25, 0.3) is 0 Å². The molecule has 0 saturated heterocycles. The summed E-state index contributed by atoms with van der Waals surface area (Å²) in [5.41, 5.74) is 1.98. The highest BCUT2D eigenvalue weighted by molar-refractivity contribution is 7.97. The number of aryl methyl sites for hydroxylation is 1. The lowest BCUT2D eigenvalue weighted by atomic mass is 10.1. The number of rotatable bonds is 7. The van der Waals surface area contributed by atoms with E-state index in [2.05, 4.69) is 36.2 Å². The van der Waals surface area contributed by atoms with Crippen LogP contribution in [0.1, 0.15) is 18.2 Å². The summed E-state index contributed by atoms with van der Waals surface area (Å²) in [6.07, 6.45) is 6.15. The minimum absolute atomic E-state index is 0.0373. The number of amidine groups is 1. The predicted molar refractivity (Wildman–Crippen MR) is 115 cm³/mol. The van der Waals surface area contributed by atoms with Crippen LogP contribution in [0.15, 0.2) is 64.6 Å². The van der Waals surface area contributed by atoms with Crippen molar-refractivity contribution in [1.29, 1.82) is 0 Å². The quantitative estimate of drug-likeness (QED) is 0.483. The number of aliphatic imine (C=N–C) groups is 1. The Labute approximate surface area is 173 Å². The molecule has 0 spiro atoms. The highest BCUT2D eigenvalue weighted by Crippen LogP contribution is 2.29. The molecular weight excluding hydrogens is 386 g/mol. The van der Waals surface area contributed by atoms with E-state index in [1.54, 1.807) is 18.1 Å². The molecule has 2 aliphatic rings. The molecule has 29 heavy (non-hydrogen) atoms. The molecule has 0 saturated carbocycles. The number of likely N-dealkylation sites (N-methyl/N-ethyl adjacent to an activating group) is 1. The van der Waals surface area contributed by atoms with Gasteiger partial charge in [-0.05, 0) is 48.4 Å². The number of fused-ring (bicyclic) bond motifs is 1. The average Bonchev–Trinajstić information content (AvgIpc) is 3.31. The van der Waals surface area contributed by atoms with Gasteiger partial charge in [-0.15, -0.1) is 0 Å². The number of aromatic amines is 1. The smallest absolute Gasteiger partial charge is 0.285 e. The van der Waals surface area contributed by atoms with Crippen LogP contribution in [0, 0.1) is 6.92 Å². The molecule has 3 heterocycles. The second-order valence-electron chi connectivity index (χ2n) is 6.73. The minimum Gasteiger partial charge on any atom is -0.356 e. The Hall–Kier alpha value is -3.04. The largest absolute Gasteiger partial charge is 0.356 e. The Balaban J connectivity index is 1.50. The molecule has 1 amide bonds. The third kappa shape index (κ3) is 4.69. The molecule has 2 aromatic rings. The maximum absolute atomic E-state index is 11.9. The molecule has 4 rings (SSSR count). The first kappa shape index (κ1) is 19.3. The summed E-state index contributed by atoms with van der Waals surface area (Å²) in [4.78, 5) is 19.4. The Kier molecular flexibility index (Phi) is 5.68. The molecule has 1 aromatic carbocycles. The van der Waals surface area contributed by atoms with Gasteiger partial charge in [-0.3, -0.25) is 19.5 Å². The van der Waals surface area contributed by atoms with E-state index in [4.69, 9.17) is 0 Å². The van der Waals surface area contributed by atoms with Crippen molar-refractivity contribution in [3.05, 3.63) is 66.0 Å². The first-order chi connectivity index (χ1) is 14.1. The Morgan fingerprint density at radius 3 is 3.07 bits per heavy atom. The number of benzene rings is 1. The van der Waals surface area contributed by atoms with Crippen LogP contribution in [0.3, 0.4) is 0 Å². The summed E-state index contributed by atoms with van der Waals surface area (Å²) in [5.74, 6) is 2.61. The monoisotopic (exact) mass is 409 g/mol. The van der Waals surface area contributed by atoms with Crippen molar-refractivity contribution in [2.75, 3.05) is 18.4 Å². The van der Waals surface area contributed by atoms with E-state index in [1.165, 1.54) is 0 Å². The Morgan fingerprint density at radius 2 is 2.28 bits per heavy atom. The van der Waals surface area contributed by atoms with Gasteiger partial charge in [0.15, 0.2) is 12.0 Å². The summed E-state index contributed by atoms with van der Waals surface area (Å²) in [6, 6.07) is 10.0. The highest BCUT2D eigenvalue weighted by atomic mass is 32.2. The van der Waals surface area contributed by atoms with Crippen molar-refractivity contribution in [3.8, 4) is 0 Å². The zero-order chi connectivity index (χ0) is 20.2. The summed E-state index contributed by atoms with van der Waals surface area (Å²) in [6.45, 7) is 5.20. The first-order valence-electron chi connectivity index (χ1n) is 9.44. The van der Waals surface area contributed by atoms with Crippen molar-refractivity contribution in [3.63, 3.8) is 0 Å². The molecule has 0 fully saturated rings. The number of hydrogen-bond donors (Lipinski definition) is 3. The summed E-state index contributed by atoms with van der Waals surface area (Å²) in [5, 5.41) is 13.4. The van der Waals surface area contributed by atoms with Gasteiger partial charge in [-0.2, -0.15) is 10.1 Å². The van der Waals surface area contributed by atoms with E-state index < -0.39 is 0 Å². The van der Waals surface area contributed by atoms with Gasteiger partial charge in [0.05, 0.1) is 18.8 Å². The second kappa shape index (κ2) is 8.54. The van der Waals surface area contributed by atoms with Gasteiger partial charge in [-0.25, -0.2) is 0 Å². The van der Waals surface area contributed by atoms with Crippen LogP contribution in [-0.4, -0.2) is 39.3 Å². The molecule has 1 aromatic heterocycles. The minimum atomic E-state index is 0.0373. The number of aromatic nitrogens is 2. The van der Waals surface area contributed by atoms with E-state index in [0.717, 1.165) is 33.6 Å². The maximum atomic E-state index is 11.9. The fourth-order valence-corrected chi connectivity index (χ4v) is 4.06. The number of carbonyl (C=O) groups is 1. The number of hydrogen-bond acceptors (Lipinski definition) is 7. The summed E-state index contributed by atoms with van der Waals surface area (Å²) < 4.78 is 2.12. The summed E-state index contributed by atoms with van der Waals surface area (Å²) in [7, 11) is 0. The SMILES string of the molecule is CCNC(=O)Cc1cccc(SN2C=C(Nc3cc(C)[nH]n3)[N+]3C=CN=C3C2)c1.